The second-order valence-electron chi connectivity index (χ2n) is 4.47. The molecule has 0 unspecified atom stereocenters. The van der Waals surface area contributed by atoms with Crippen LogP contribution in [0.3, 0.4) is 0 Å². The lowest BCUT2D eigenvalue weighted by atomic mass is 9.95. The Morgan fingerprint density at radius 1 is 1.29 bits per heavy atom. The fourth-order valence-electron chi connectivity index (χ4n) is 1.68. The van der Waals surface area contributed by atoms with Crippen molar-refractivity contribution in [2.45, 2.75) is 32.7 Å². The van der Waals surface area contributed by atoms with Crippen LogP contribution in [0.15, 0.2) is 24.3 Å². The first-order valence-corrected chi connectivity index (χ1v) is 5.60. The summed E-state index contributed by atoms with van der Waals surface area (Å²) in [5.74, 6) is -0.321. The summed E-state index contributed by atoms with van der Waals surface area (Å²) in [4.78, 5) is 11.0. The Bertz CT molecular complexity index is 366. The van der Waals surface area contributed by atoms with Crippen LogP contribution in [-0.4, -0.2) is 11.1 Å². The summed E-state index contributed by atoms with van der Waals surface area (Å²) in [6.45, 7) is 4.27. The van der Waals surface area contributed by atoms with Gasteiger partial charge in [-0.1, -0.05) is 32.0 Å². The summed E-state index contributed by atoms with van der Waals surface area (Å²) in [6, 6.07) is 6.77. The molecule has 1 aromatic rings. The average molecular weight is 258 g/mol. The largest absolute Gasteiger partial charge is 0.478 e. The maximum absolute atomic E-state index is 11.0. The number of carbonyl (C=O) groups is 1. The number of halogens is 1. The first-order chi connectivity index (χ1) is 7.52. The highest BCUT2D eigenvalue weighted by molar-refractivity contribution is 5.89. The molecule has 3 nitrogen and oxygen atoms in total. The topological polar surface area (TPSA) is 63.3 Å². The van der Waals surface area contributed by atoms with E-state index in [4.69, 9.17) is 10.8 Å². The van der Waals surface area contributed by atoms with Crippen LogP contribution in [0.4, 0.5) is 0 Å². The van der Waals surface area contributed by atoms with Gasteiger partial charge in [0, 0.05) is 6.04 Å². The van der Waals surface area contributed by atoms with Gasteiger partial charge in [-0.3, -0.25) is 0 Å². The number of nitrogens with two attached hydrogens (primary N) is 1. The predicted molar refractivity (Wildman–Crippen MR) is 71.6 cm³/mol. The van der Waals surface area contributed by atoms with E-state index in [-0.39, 0.29) is 18.4 Å². The highest BCUT2D eigenvalue weighted by atomic mass is 35.5. The summed E-state index contributed by atoms with van der Waals surface area (Å²) in [7, 11) is 0. The Kier molecular flexibility index (Phi) is 6.85. The van der Waals surface area contributed by atoms with E-state index in [1.54, 1.807) is 18.2 Å². The fourth-order valence-corrected chi connectivity index (χ4v) is 1.68. The molecule has 3 N–H and O–H groups in total. The molecule has 0 aromatic heterocycles. The lowest BCUT2D eigenvalue weighted by Gasteiger charge is -2.15. The molecular weight excluding hydrogens is 238 g/mol. The molecule has 0 aliphatic heterocycles. The summed E-state index contributed by atoms with van der Waals surface area (Å²) < 4.78 is 0. The highest BCUT2D eigenvalue weighted by Gasteiger charge is 2.15. The van der Waals surface area contributed by atoms with Crippen molar-refractivity contribution in [3.63, 3.8) is 0 Å². The zero-order valence-electron chi connectivity index (χ0n) is 10.2. The van der Waals surface area contributed by atoms with E-state index < -0.39 is 5.97 Å². The molecular formula is C13H20ClNO2. The molecule has 0 bridgehead atoms. The van der Waals surface area contributed by atoms with Crippen molar-refractivity contribution in [3.8, 4) is 0 Å². The maximum atomic E-state index is 11.0. The van der Waals surface area contributed by atoms with Crippen molar-refractivity contribution in [2.75, 3.05) is 0 Å². The molecule has 0 aliphatic carbocycles. The summed E-state index contributed by atoms with van der Waals surface area (Å²) in [6.07, 6.45) is 1.83. The minimum Gasteiger partial charge on any atom is -0.478 e. The molecule has 1 rings (SSSR count). The maximum Gasteiger partial charge on any atom is 0.336 e. The molecule has 96 valence electrons. The molecule has 0 fully saturated rings. The molecule has 1 atom stereocenters. The van der Waals surface area contributed by atoms with Gasteiger partial charge in [-0.15, -0.1) is 12.4 Å². The van der Waals surface area contributed by atoms with E-state index in [0.29, 0.717) is 11.5 Å². The molecule has 0 radical (unpaired) electrons. The molecule has 0 amide bonds. The van der Waals surface area contributed by atoms with E-state index in [1.807, 2.05) is 6.07 Å². The van der Waals surface area contributed by atoms with Gasteiger partial charge in [-0.05, 0) is 30.4 Å². The van der Waals surface area contributed by atoms with Gasteiger partial charge in [0.15, 0.2) is 0 Å². The lowest BCUT2D eigenvalue weighted by Crippen LogP contribution is -2.15. The number of benzene rings is 1. The Morgan fingerprint density at radius 2 is 1.88 bits per heavy atom. The molecule has 0 heterocycles. The number of carboxylic acid groups (broad SMARTS) is 1. The Balaban J connectivity index is 0.00000256. The summed E-state index contributed by atoms with van der Waals surface area (Å²) in [5, 5.41) is 9.04. The van der Waals surface area contributed by atoms with Gasteiger partial charge in [0.1, 0.15) is 0 Å². The van der Waals surface area contributed by atoms with Crippen molar-refractivity contribution in [3.05, 3.63) is 35.4 Å². The van der Waals surface area contributed by atoms with Gasteiger partial charge in [0.25, 0.3) is 0 Å². The minimum absolute atomic E-state index is 0. The molecule has 0 saturated carbocycles. The van der Waals surface area contributed by atoms with Crippen LogP contribution in [0.5, 0.6) is 0 Å². The van der Waals surface area contributed by atoms with Crippen LogP contribution in [0.25, 0.3) is 0 Å². The zero-order chi connectivity index (χ0) is 12.1. The van der Waals surface area contributed by atoms with Crippen LogP contribution >= 0.6 is 12.4 Å². The third-order valence-corrected chi connectivity index (χ3v) is 2.65. The van der Waals surface area contributed by atoms with Crippen molar-refractivity contribution >= 4 is 18.4 Å². The van der Waals surface area contributed by atoms with Crippen LogP contribution < -0.4 is 5.73 Å². The molecule has 4 heteroatoms. The first kappa shape index (κ1) is 15.9. The Hall–Kier alpha value is -1.06. The number of aromatic carboxylic acids is 1. The lowest BCUT2D eigenvalue weighted by molar-refractivity contribution is 0.0695. The molecule has 0 saturated heterocycles. The van der Waals surface area contributed by atoms with Crippen LogP contribution in [0.1, 0.15) is 48.7 Å². The van der Waals surface area contributed by atoms with E-state index in [0.717, 1.165) is 18.4 Å². The number of hydrogen-bond acceptors (Lipinski definition) is 2. The minimum atomic E-state index is -0.907. The van der Waals surface area contributed by atoms with Gasteiger partial charge >= 0.3 is 5.97 Å². The predicted octanol–water partition coefficient (Wildman–Crippen LogP) is 3.24. The van der Waals surface area contributed by atoms with E-state index >= 15 is 0 Å². The monoisotopic (exact) mass is 257 g/mol. The molecule has 0 spiro atoms. The van der Waals surface area contributed by atoms with E-state index in [2.05, 4.69) is 13.8 Å². The molecule has 17 heavy (non-hydrogen) atoms. The Labute approximate surface area is 108 Å². The van der Waals surface area contributed by atoms with Crippen molar-refractivity contribution in [2.24, 2.45) is 11.7 Å². The van der Waals surface area contributed by atoms with E-state index in [9.17, 15) is 4.79 Å². The van der Waals surface area contributed by atoms with Gasteiger partial charge in [-0.25, -0.2) is 4.79 Å². The fraction of sp³-hybridized carbons (Fsp3) is 0.462. The number of rotatable bonds is 5. The summed E-state index contributed by atoms with van der Waals surface area (Å²) in [5.41, 5.74) is 7.07. The third kappa shape index (κ3) is 4.75. The number of carboxylic acids is 1. The smallest absolute Gasteiger partial charge is 0.336 e. The Morgan fingerprint density at radius 3 is 2.41 bits per heavy atom. The third-order valence-electron chi connectivity index (χ3n) is 2.65. The average Bonchev–Trinajstić information content (AvgIpc) is 2.25. The highest BCUT2D eigenvalue weighted by Crippen LogP contribution is 2.21. The zero-order valence-corrected chi connectivity index (χ0v) is 11.0. The summed E-state index contributed by atoms with van der Waals surface area (Å²) >= 11 is 0. The molecule has 0 aliphatic rings. The van der Waals surface area contributed by atoms with Crippen LogP contribution in [-0.2, 0) is 0 Å². The van der Waals surface area contributed by atoms with Crippen molar-refractivity contribution in [1.82, 2.24) is 0 Å². The van der Waals surface area contributed by atoms with Crippen molar-refractivity contribution < 1.29 is 9.90 Å². The second kappa shape index (κ2) is 7.30. The second-order valence-corrected chi connectivity index (χ2v) is 4.47. The van der Waals surface area contributed by atoms with E-state index in [1.165, 1.54) is 0 Å². The number of hydrogen-bond donors (Lipinski definition) is 2. The quantitative estimate of drug-likeness (QED) is 0.851. The van der Waals surface area contributed by atoms with Gasteiger partial charge < -0.3 is 10.8 Å². The van der Waals surface area contributed by atoms with Crippen LogP contribution in [0.2, 0.25) is 0 Å². The van der Waals surface area contributed by atoms with Crippen LogP contribution in [0, 0.1) is 5.92 Å². The standard InChI is InChI=1S/C13H19NO2.ClH/c1-9(2)7-8-12(14)10-5-3-4-6-11(10)13(15)16;/h3-6,9,12H,7-8,14H2,1-2H3,(H,15,16);1H/t12-;/m1./s1. The molecule has 1 aromatic carbocycles. The van der Waals surface area contributed by atoms with Gasteiger partial charge in [-0.2, -0.15) is 0 Å². The normalized spacial score (nSPS) is 12.0. The first-order valence-electron chi connectivity index (χ1n) is 5.60. The van der Waals surface area contributed by atoms with Crippen molar-refractivity contribution in [1.29, 1.82) is 0 Å². The van der Waals surface area contributed by atoms with Gasteiger partial charge in [0.2, 0.25) is 0 Å². The van der Waals surface area contributed by atoms with Gasteiger partial charge in [0.05, 0.1) is 5.56 Å². The SMILES string of the molecule is CC(C)CC[C@@H](N)c1ccccc1C(=O)O.Cl.